The van der Waals surface area contributed by atoms with Gasteiger partial charge in [0.15, 0.2) is 11.5 Å². The first-order valence-corrected chi connectivity index (χ1v) is 7.23. The Kier molecular flexibility index (Phi) is 4.59. The van der Waals surface area contributed by atoms with E-state index >= 15 is 0 Å². The van der Waals surface area contributed by atoms with E-state index in [1.807, 2.05) is 19.2 Å². The largest absolute Gasteiger partial charge is 0.504 e. The van der Waals surface area contributed by atoms with E-state index in [0.29, 0.717) is 12.1 Å². The zero-order chi connectivity index (χ0) is 15.4. The van der Waals surface area contributed by atoms with Gasteiger partial charge in [0.25, 0.3) is 0 Å². The second kappa shape index (κ2) is 6.41. The molecule has 5 nitrogen and oxygen atoms in total. The standard InChI is InChI=1S/C15H17N3O2S/c1-10(2)7-16-15-18(11(3)9-21-15)17-8-12-4-5-13(19)14(20)6-12/h4-6,8-9,19-20H,1,7H2,2-3H3. The molecule has 0 atom stereocenters. The van der Waals surface area contributed by atoms with Crippen molar-refractivity contribution in [2.75, 3.05) is 6.54 Å². The van der Waals surface area contributed by atoms with Crippen molar-refractivity contribution < 1.29 is 10.2 Å². The zero-order valence-corrected chi connectivity index (χ0v) is 12.8. The summed E-state index contributed by atoms with van der Waals surface area (Å²) in [6.45, 7) is 8.27. The minimum absolute atomic E-state index is 0.149. The highest BCUT2D eigenvalue weighted by Crippen LogP contribution is 2.24. The SMILES string of the molecule is C=C(C)CN=c1scc(C)n1N=Cc1ccc(O)c(O)c1. The number of aromatic hydroxyl groups is 2. The Balaban J connectivity index is 2.32. The van der Waals surface area contributed by atoms with Crippen LogP contribution in [0, 0.1) is 6.92 Å². The van der Waals surface area contributed by atoms with Crippen LogP contribution in [0.2, 0.25) is 0 Å². The van der Waals surface area contributed by atoms with Gasteiger partial charge < -0.3 is 10.2 Å². The average Bonchev–Trinajstić information content (AvgIpc) is 2.78. The smallest absolute Gasteiger partial charge is 0.206 e. The number of phenols is 2. The van der Waals surface area contributed by atoms with Gasteiger partial charge in [-0.1, -0.05) is 12.2 Å². The van der Waals surface area contributed by atoms with E-state index in [1.54, 1.807) is 17.0 Å². The Morgan fingerprint density at radius 1 is 1.38 bits per heavy atom. The predicted octanol–water partition coefficient (Wildman–Crippen LogP) is 2.63. The third kappa shape index (κ3) is 3.82. The van der Waals surface area contributed by atoms with E-state index in [2.05, 4.69) is 16.7 Å². The number of aromatic nitrogens is 1. The first-order chi connectivity index (χ1) is 9.97. The normalized spacial score (nSPS) is 12.2. The van der Waals surface area contributed by atoms with E-state index in [1.165, 1.54) is 23.5 Å². The van der Waals surface area contributed by atoms with Crippen LogP contribution >= 0.6 is 11.3 Å². The lowest BCUT2D eigenvalue weighted by Crippen LogP contribution is -2.13. The molecule has 1 aromatic heterocycles. The molecule has 0 saturated carbocycles. The summed E-state index contributed by atoms with van der Waals surface area (Å²) in [5.41, 5.74) is 2.65. The van der Waals surface area contributed by atoms with Gasteiger partial charge in [-0.2, -0.15) is 5.10 Å². The van der Waals surface area contributed by atoms with Gasteiger partial charge in [0.2, 0.25) is 4.80 Å². The Morgan fingerprint density at radius 2 is 2.14 bits per heavy atom. The van der Waals surface area contributed by atoms with Crippen molar-refractivity contribution >= 4 is 17.6 Å². The van der Waals surface area contributed by atoms with Crippen molar-refractivity contribution in [3.8, 4) is 11.5 Å². The van der Waals surface area contributed by atoms with Crippen LogP contribution in [0.1, 0.15) is 18.2 Å². The van der Waals surface area contributed by atoms with E-state index in [4.69, 9.17) is 0 Å². The molecule has 0 bridgehead atoms. The number of benzene rings is 1. The quantitative estimate of drug-likeness (QED) is 0.518. The Labute approximate surface area is 126 Å². The van der Waals surface area contributed by atoms with E-state index in [0.717, 1.165) is 16.1 Å². The summed E-state index contributed by atoms with van der Waals surface area (Å²) in [6, 6.07) is 4.55. The fourth-order valence-corrected chi connectivity index (χ4v) is 2.39. The van der Waals surface area contributed by atoms with E-state index in [9.17, 15) is 10.2 Å². The van der Waals surface area contributed by atoms with Gasteiger partial charge in [-0.05, 0) is 37.6 Å². The molecular weight excluding hydrogens is 286 g/mol. The van der Waals surface area contributed by atoms with Crippen molar-refractivity contribution in [2.24, 2.45) is 10.1 Å². The predicted molar refractivity (Wildman–Crippen MR) is 85.1 cm³/mol. The lowest BCUT2D eigenvalue weighted by molar-refractivity contribution is 0.403. The van der Waals surface area contributed by atoms with E-state index in [-0.39, 0.29) is 11.5 Å². The summed E-state index contributed by atoms with van der Waals surface area (Å²) >= 11 is 1.51. The molecule has 21 heavy (non-hydrogen) atoms. The lowest BCUT2D eigenvalue weighted by Gasteiger charge is -2.00. The molecule has 0 saturated heterocycles. The van der Waals surface area contributed by atoms with Gasteiger partial charge in [-0.3, -0.25) is 4.99 Å². The van der Waals surface area contributed by atoms with Gasteiger partial charge in [-0.25, -0.2) is 4.68 Å². The maximum Gasteiger partial charge on any atom is 0.206 e. The van der Waals surface area contributed by atoms with Crippen LogP contribution in [0.15, 0.2) is 45.8 Å². The second-order valence-corrected chi connectivity index (χ2v) is 5.57. The molecular formula is C15H17N3O2S. The molecule has 1 aromatic carbocycles. The van der Waals surface area contributed by atoms with Crippen LogP contribution in [-0.4, -0.2) is 27.6 Å². The summed E-state index contributed by atoms with van der Waals surface area (Å²) in [4.78, 5) is 5.24. The number of phenolic OH excluding ortho intramolecular Hbond substituents is 2. The molecule has 2 N–H and O–H groups in total. The number of hydrogen-bond donors (Lipinski definition) is 2. The topological polar surface area (TPSA) is 70.1 Å². The van der Waals surface area contributed by atoms with Crippen molar-refractivity contribution in [3.63, 3.8) is 0 Å². The molecule has 110 valence electrons. The van der Waals surface area contributed by atoms with Crippen molar-refractivity contribution in [2.45, 2.75) is 13.8 Å². The highest BCUT2D eigenvalue weighted by Gasteiger charge is 2.01. The van der Waals surface area contributed by atoms with Gasteiger partial charge in [0.1, 0.15) is 0 Å². The first-order valence-electron chi connectivity index (χ1n) is 6.35. The number of rotatable bonds is 4. The van der Waals surface area contributed by atoms with Gasteiger partial charge in [0.05, 0.1) is 18.5 Å². The summed E-state index contributed by atoms with van der Waals surface area (Å²) in [7, 11) is 0. The highest BCUT2D eigenvalue weighted by atomic mass is 32.1. The number of aryl methyl sites for hydroxylation is 1. The van der Waals surface area contributed by atoms with Crippen LogP contribution in [0.4, 0.5) is 0 Å². The van der Waals surface area contributed by atoms with Crippen molar-refractivity contribution in [1.82, 2.24) is 4.68 Å². The summed E-state index contributed by atoms with van der Waals surface area (Å²) < 4.78 is 1.73. The molecule has 2 aromatic rings. The molecule has 0 fully saturated rings. The average molecular weight is 303 g/mol. The summed E-state index contributed by atoms with van der Waals surface area (Å²) in [6.07, 6.45) is 1.61. The second-order valence-electron chi connectivity index (χ2n) is 4.74. The van der Waals surface area contributed by atoms with Crippen LogP contribution in [0.3, 0.4) is 0 Å². The molecule has 0 aliphatic carbocycles. The monoisotopic (exact) mass is 303 g/mol. The fraction of sp³-hybridized carbons (Fsp3) is 0.200. The fourth-order valence-electron chi connectivity index (χ4n) is 1.58. The molecule has 2 rings (SSSR count). The van der Waals surface area contributed by atoms with Crippen LogP contribution in [-0.2, 0) is 0 Å². The van der Waals surface area contributed by atoms with Gasteiger partial charge >= 0.3 is 0 Å². The minimum Gasteiger partial charge on any atom is -0.504 e. The van der Waals surface area contributed by atoms with Crippen LogP contribution in [0.25, 0.3) is 0 Å². The third-order valence-electron chi connectivity index (χ3n) is 2.66. The molecule has 6 heteroatoms. The molecule has 0 aliphatic heterocycles. The molecule has 0 amide bonds. The Morgan fingerprint density at radius 3 is 2.81 bits per heavy atom. The molecule has 0 radical (unpaired) electrons. The molecule has 0 unspecified atom stereocenters. The van der Waals surface area contributed by atoms with Gasteiger partial charge in [-0.15, -0.1) is 11.3 Å². The lowest BCUT2D eigenvalue weighted by atomic mass is 10.2. The highest BCUT2D eigenvalue weighted by molar-refractivity contribution is 7.07. The molecule has 0 aliphatic rings. The van der Waals surface area contributed by atoms with Crippen molar-refractivity contribution in [3.05, 3.63) is 51.8 Å². The minimum atomic E-state index is -0.168. The zero-order valence-electron chi connectivity index (χ0n) is 11.9. The molecule has 1 heterocycles. The summed E-state index contributed by atoms with van der Waals surface area (Å²) in [5.74, 6) is -0.318. The number of nitrogens with zero attached hydrogens (tertiary/aromatic N) is 3. The van der Waals surface area contributed by atoms with Crippen LogP contribution in [0.5, 0.6) is 11.5 Å². The molecule has 0 spiro atoms. The van der Waals surface area contributed by atoms with Gasteiger partial charge in [0, 0.05) is 5.38 Å². The van der Waals surface area contributed by atoms with Crippen LogP contribution < -0.4 is 4.80 Å². The summed E-state index contributed by atoms with van der Waals surface area (Å²) in [5, 5.41) is 25.1. The first kappa shape index (κ1) is 15.1. The van der Waals surface area contributed by atoms with Crippen molar-refractivity contribution in [1.29, 1.82) is 0 Å². The third-order valence-corrected chi connectivity index (χ3v) is 3.63. The number of thiazole rings is 1. The maximum absolute atomic E-state index is 9.47. The Hall–Kier alpha value is -2.34. The number of hydrogen-bond acceptors (Lipinski definition) is 5. The maximum atomic E-state index is 9.47. The Bertz CT molecular complexity index is 757. The van der Waals surface area contributed by atoms with E-state index < -0.39 is 0 Å².